The van der Waals surface area contributed by atoms with E-state index in [0.29, 0.717) is 16.7 Å². The second kappa shape index (κ2) is 8.13. The lowest BCUT2D eigenvalue weighted by Gasteiger charge is -2.28. The molecule has 3 rings (SSSR count). The van der Waals surface area contributed by atoms with Crippen LogP contribution in [0.3, 0.4) is 0 Å². The monoisotopic (exact) mass is 460 g/mol. The highest BCUT2D eigenvalue weighted by Gasteiger charge is 2.60. The number of anilines is 1. The predicted molar refractivity (Wildman–Crippen MR) is 116 cm³/mol. The maximum atomic E-state index is 13.5. The van der Waals surface area contributed by atoms with E-state index in [1.165, 1.54) is 12.3 Å². The third-order valence-corrected chi connectivity index (χ3v) is 5.36. The summed E-state index contributed by atoms with van der Waals surface area (Å²) >= 11 is 0. The number of primary amides is 1. The van der Waals surface area contributed by atoms with Gasteiger partial charge in [-0.1, -0.05) is 36.4 Å². The normalized spacial score (nSPS) is 14.1. The Morgan fingerprint density at radius 2 is 1.58 bits per heavy atom. The summed E-state index contributed by atoms with van der Waals surface area (Å²) < 4.78 is 40.6. The molecule has 33 heavy (non-hydrogen) atoms. The van der Waals surface area contributed by atoms with E-state index < -0.39 is 28.8 Å². The Morgan fingerprint density at radius 1 is 1.00 bits per heavy atom. The summed E-state index contributed by atoms with van der Waals surface area (Å²) in [5.41, 5.74) is 7.66. The Balaban J connectivity index is 2.14. The van der Waals surface area contributed by atoms with E-state index in [4.69, 9.17) is 11.5 Å². The molecule has 2 aromatic carbocycles. The first kappa shape index (κ1) is 24.1. The van der Waals surface area contributed by atoms with E-state index in [0.717, 1.165) is 12.1 Å². The molecule has 0 saturated heterocycles. The van der Waals surface area contributed by atoms with Crippen molar-refractivity contribution in [3.63, 3.8) is 0 Å². The molecule has 0 spiro atoms. The average molecular weight is 460 g/mol. The molecule has 0 fully saturated rings. The summed E-state index contributed by atoms with van der Waals surface area (Å²) in [4.78, 5) is 20.1. The van der Waals surface area contributed by atoms with Crippen molar-refractivity contribution in [3.05, 3.63) is 65.4 Å². The lowest BCUT2D eigenvalue weighted by molar-refractivity contribution is -0.255. The van der Waals surface area contributed by atoms with Crippen LogP contribution in [0.5, 0.6) is 0 Å². The van der Waals surface area contributed by atoms with Crippen LogP contribution in [0, 0.1) is 6.92 Å². The number of nitrogens with two attached hydrogens (primary N) is 2. The van der Waals surface area contributed by atoms with Gasteiger partial charge in [0.25, 0.3) is 11.5 Å². The summed E-state index contributed by atoms with van der Waals surface area (Å²) in [6.07, 6.45) is -4.04. The van der Waals surface area contributed by atoms with Crippen molar-refractivity contribution in [2.45, 2.75) is 38.1 Å². The number of hydrogen-bond donors (Lipinski definition) is 4. The molecule has 0 aliphatic carbocycles. The number of aliphatic hydroxyl groups is 2. The van der Waals surface area contributed by atoms with Crippen LogP contribution in [0.15, 0.2) is 48.7 Å². The third kappa shape index (κ3) is 4.39. The zero-order valence-electron chi connectivity index (χ0n) is 18.1. The molecule has 1 heterocycles. The van der Waals surface area contributed by atoms with Crippen molar-refractivity contribution in [2.75, 3.05) is 5.73 Å². The number of carbonyl (C=O) groups is 1. The van der Waals surface area contributed by atoms with Crippen molar-refractivity contribution < 1.29 is 28.2 Å². The number of carbonyl (C=O) groups excluding carboxylic acids is 1. The van der Waals surface area contributed by atoms with E-state index in [2.05, 4.69) is 9.97 Å². The number of rotatable bonds is 5. The number of aryl methyl sites for hydroxylation is 1. The molecule has 0 radical (unpaired) electrons. The molecule has 1 unspecified atom stereocenters. The van der Waals surface area contributed by atoms with Crippen LogP contribution >= 0.6 is 0 Å². The number of nitrogens with zero attached hydrogens (tertiary/aromatic N) is 2. The molecule has 1 amide bonds. The highest BCUT2D eigenvalue weighted by molar-refractivity contribution is 5.86. The largest absolute Gasteiger partial charge is 0.430 e. The smallest absolute Gasteiger partial charge is 0.386 e. The van der Waals surface area contributed by atoms with Gasteiger partial charge in [0.1, 0.15) is 11.5 Å². The van der Waals surface area contributed by atoms with E-state index in [-0.39, 0.29) is 22.8 Å². The molecule has 6 N–H and O–H groups in total. The molecule has 10 heteroatoms. The maximum Gasteiger partial charge on any atom is 0.430 e. The number of hydrogen-bond acceptors (Lipinski definition) is 6. The van der Waals surface area contributed by atoms with Crippen LogP contribution in [-0.4, -0.2) is 32.3 Å². The van der Waals surface area contributed by atoms with Gasteiger partial charge < -0.3 is 21.7 Å². The van der Waals surface area contributed by atoms with Gasteiger partial charge >= 0.3 is 6.18 Å². The summed E-state index contributed by atoms with van der Waals surface area (Å²) in [5.74, 6) is -1.85. The molecular weight excluding hydrogens is 437 g/mol. The van der Waals surface area contributed by atoms with Gasteiger partial charge in [0.2, 0.25) is 0 Å². The van der Waals surface area contributed by atoms with E-state index in [1.54, 1.807) is 45.0 Å². The maximum absolute atomic E-state index is 13.5. The highest BCUT2D eigenvalue weighted by Crippen LogP contribution is 2.40. The van der Waals surface area contributed by atoms with Crippen molar-refractivity contribution >= 4 is 11.7 Å². The van der Waals surface area contributed by atoms with Gasteiger partial charge in [-0.3, -0.25) is 4.79 Å². The number of aromatic nitrogens is 2. The average Bonchev–Trinajstić information content (AvgIpc) is 2.72. The quantitative estimate of drug-likeness (QED) is 0.462. The lowest BCUT2D eigenvalue weighted by Crippen LogP contribution is -2.52. The highest BCUT2D eigenvalue weighted by atomic mass is 19.4. The minimum Gasteiger partial charge on any atom is -0.386 e. The minimum atomic E-state index is -5.33. The molecule has 3 aromatic rings. The summed E-state index contributed by atoms with van der Waals surface area (Å²) in [6.45, 7) is 4.91. The molecule has 1 atom stereocenters. The molecule has 0 bridgehead atoms. The van der Waals surface area contributed by atoms with Crippen LogP contribution in [0.4, 0.5) is 19.0 Å². The van der Waals surface area contributed by atoms with Crippen molar-refractivity contribution in [1.29, 1.82) is 0 Å². The first-order valence-electron chi connectivity index (χ1n) is 9.82. The Morgan fingerprint density at radius 3 is 2.09 bits per heavy atom. The number of halogens is 3. The molecule has 0 saturated carbocycles. The van der Waals surface area contributed by atoms with Crippen molar-refractivity contribution in [2.24, 2.45) is 5.73 Å². The fourth-order valence-electron chi connectivity index (χ4n) is 3.35. The number of amides is 1. The Labute approximate surface area is 187 Å². The zero-order valence-corrected chi connectivity index (χ0v) is 18.1. The van der Waals surface area contributed by atoms with Gasteiger partial charge in [-0.05, 0) is 38.0 Å². The first-order valence-corrected chi connectivity index (χ1v) is 9.82. The fourth-order valence-corrected chi connectivity index (χ4v) is 3.35. The van der Waals surface area contributed by atoms with Gasteiger partial charge in [-0.15, -0.1) is 0 Å². The zero-order chi connectivity index (χ0) is 24.8. The van der Waals surface area contributed by atoms with Gasteiger partial charge in [0.15, 0.2) is 0 Å². The summed E-state index contributed by atoms with van der Waals surface area (Å²) in [6, 6.07) is 10.1. The minimum absolute atomic E-state index is 0.0903. The van der Waals surface area contributed by atoms with Crippen LogP contribution in [0.1, 0.15) is 30.5 Å². The number of alkyl halides is 3. The molecule has 174 valence electrons. The first-order chi connectivity index (χ1) is 15.2. The molecule has 0 aliphatic heterocycles. The molecule has 1 aromatic heterocycles. The van der Waals surface area contributed by atoms with E-state index in [9.17, 15) is 28.2 Å². The molecule has 0 aliphatic rings. The summed E-state index contributed by atoms with van der Waals surface area (Å²) in [5, 5.41) is 20.3. The van der Waals surface area contributed by atoms with Gasteiger partial charge in [0, 0.05) is 16.7 Å². The van der Waals surface area contributed by atoms with Crippen LogP contribution in [-0.2, 0) is 16.0 Å². The third-order valence-electron chi connectivity index (χ3n) is 5.36. The van der Waals surface area contributed by atoms with Crippen LogP contribution in [0.2, 0.25) is 0 Å². The topological polar surface area (TPSA) is 135 Å². The standard InChI is InChI=1S/C23H23F3N4O3/c1-12-4-7-15(22(33,20(28)31)23(24,25)26)10-16(12)17-11-29-19(27)18(30-17)13-5-8-14(9-6-13)21(2,3)32/h4-11,32-33H,1-3H3,(H2,27,29)(H2,28,31). The SMILES string of the molecule is Cc1ccc(C(O)(C(N)=O)C(F)(F)F)cc1-c1cnc(N)c(-c2ccc(C(C)(C)O)cc2)n1. The Hall–Kier alpha value is -3.50. The number of nitrogen functional groups attached to an aromatic ring is 1. The van der Waals surface area contributed by atoms with Crippen LogP contribution in [0.25, 0.3) is 22.5 Å². The van der Waals surface area contributed by atoms with Crippen molar-refractivity contribution in [1.82, 2.24) is 9.97 Å². The van der Waals surface area contributed by atoms with Gasteiger partial charge in [0.05, 0.1) is 17.5 Å². The van der Waals surface area contributed by atoms with E-state index >= 15 is 0 Å². The van der Waals surface area contributed by atoms with Gasteiger partial charge in [-0.25, -0.2) is 9.97 Å². The fraction of sp³-hybridized carbons (Fsp3) is 0.261. The van der Waals surface area contributed by atoms with Crippen molar-refractivity contribution in [3.8, 4) is 22.5 Å². The number of benzene rings is 2. The van der Waals surface area contributed by atoms with Crippen LogP contribution < -0.4 is 11.5 Å². The Kier molecular flexibility index (Phi) is 5.95. The molecular formula is C23H23F3N4O3. The van der Waals surface area contributed by atoms with Gasteiger partial charge in [-0.2, -0.15) is 13.2 Å². The second-order valence-corrected chi connectivity index (χ2v) is 8.23. The van der Waals surface area contributed by atoms with E-state index in [1.807, 2.05) is 0 Å². The summed E-state index contributed by atoms with van der Waals surface area (Å²) in [7, 11) is 0. The second-order valence-electron chi connectivity index (χ2n) is 8.23. The lowest BCUT2D eigenvalue weighted by atomic mass is 9.89. The Bertz CT molecular complexity index is 1210. The molecule has 7 nitrogen and oxygen atoms in total. The predicted octanol–water partition coefficient (Wildman–Crippen LogP) is 3.16.